The Hall–Kier alpha value is -4.96. The molecule has 0 fully saturated rings. The van der Waals surface area contributed by atoms with Crippen molar-refractivity contribution in [1.82, 2.24) is 10.3 Å². The SMILES string of the molecule is N#C/C(=C\c1ccc(Sc2nc3ccc(NC(=O)c4ccccc4Cl)cc3s2)c([N+](=O)[O-])c1)C(=O)NCc1ccco1. The van der Waals surface area contributed by atoms with E-state index < -0.39 is 10.8 Å². The molecule has 5 aromatic rings. The first-order valence-electron chi connectivity index (χ1n) is 12.2. The lowest BCUT2D eigenvalue weighted by atomic mass is 10.1. The highest BCUT2D eigenvalue weighted by atomic mass is 35.5. The maximum absolute atomic E-state index is 12.6. The highest BCUT2D eigenvalue weighted by Crippen LogP contribution is 2.40. The number of carbonyl (C=O) groups excluding carboxylic acids is 2. The zero-order valence-electron chi connectivity index (χ0n) is 21.4. The monoisotopic (exact) mass is 615 g/mol. The molecule has 0 aliphatic rings. The molecule has 10 nitrogen and oxygen atoms in total. The summed E-state index contributed by atoms with van der Waals surface area (Å²) in [5.74, 6) is -0.462. The van der Waals surface area contributed by atoms with Crippen LogP contribution in [0.15, 0.2) is 98.3 Å². The van der Waals surface area contributed by atoms with Crippen LogP contribution >= 0.6 is 34.7 Å². The number of furan rings is 1. The Kier molecular flexibility index (Phi) is 8.63. The first-order chi connectivity index (χ1) is 20.3. The molecule has 0 unspecified atom stereocenters. The minimum Gasteiger partial charge on any atom is -0.467 e. The van der Waals surface area contributed by atoms with Crippen LogP contribution < -0.4 is 10.6 Å². The van der Waals surface area contributed by atoms with Crippen molar-refractivity contribution < 1.29 is 18.9 Å². The summed E-state index contributed by atoms with van der Waals surface area (Å²) in [5, 5.41) is 27.1. The van der Waals surface area contributed by atoms with Gasteiger partial charge in [0.05, 0.1) is 43.4 Å². The van der Waals surface area contributed by atoms with E-state index in [0.717, 1.165) is 16.5 Å². The Labute approximate surface area is 251 Å². The normalized spacial score (nSPS) is 11.2. The third kappa shape index (κ3) is 6.67. The number of nitrogens with one attached hydrogen (secondary N) is 2. The van der Waals surface area contributed by atoms with Crippen molar-refractivity contribution in [3.05, 3.63) is 117 Å². The van der Waals surface area contributed by atoms with Crippen LogP contribution in [0.2, 0.25) is 5.02 Å². The fraction of sp³-hybridized carbons (Fsp3) is 0.0345. The molecule has 2 aromatic heterocycles. The molecule has 208 valence electrons. The van der Waals surface area contributed by atoms with Crippen molar-refractivity contribution in [1.29, 1.82) is 5.26 Å². The van der Waals surface area contributed by atoms with Crippen LogP contribution in [0.3, 0.4) is 0 Å². The van der Waals surface area contributed by atoms with Gasteiger partial charge in [-0.2, -0.15) is 5.26 Å². The number of hydrogen-bond acceptors (Lipinski definition) is 9. The van der Waals surface area contributed by atoms with Crippen LogP contribution in [0, 0.1) is 21.4 Å². The van der Waals surface area contributed by atoms with E-state index in [1.165, 1.54) is 29.7 Å². The second-order valence-corrected chi connectivity index (χ2v) is 11.3. The van der Waals surface area contributed by atoms with Gasteiger partial charge in [0.1, 0.15) is 17.4 Å². The molecule has 42 heavy (non-hydrogen) atoms. The molecule has 0 radical (unpaired) electrons. The average molecular weight is 616 g/mol. The Morgan fingerprint density at radius 3 is 2.71 bits per heavy atom. The summed E-state index contributed by atoms with van der Waals surface area (Å²) in [5.41, 5.74) is 1.48. The van der Waals surface area contributed by atoms with Crippen LogP contribution in [-0.2, 0) is 11.3 Å². The summed E-state index contributed by atoms with van der Waals surface area (Å²) >= 11 is 8.56. The Morgan fingerprint density at radius 2 is 1.98 bits per heavy atom. The summed E-state index contributed by atoms with van der Waals surface area (Å²) < 4.78 is 6.49. The number of benzene rings is 3. The van der Waals surface area contributed by atoms with Crippen molar-refractivity contribution in [3.8, 4) is 6.07 Å². The highest BCUT2D eigenvalue weighted by molar-refractivity contribution is 8.01. The van der Waals surface area contributed by atoms with E-state index in [-0.39, 0.29) is 23.7 Å². The molecule has 2 N–H and O–H groups in total. The number of nitro groups is 1. The second kappa shape index (κ2) is 12.7. The third-order valence-corrected chi connectivity index (χ3v) is 8.27. The highest BCUT2D eigenvalue weighted by Gasteiger charge is 2.19. The molecule has 3 aromatic carbocycles. The lowest BCUT2D eigenvalue weighted by Gasteiger charge is -2.06. The largest absolute Gasteiger partial charge is 0.467 e. The van der Waals surface area contributed by atoms with E-state index in [0.29, 0.717) is 42.3 Å². The number of hydrogen-bond donors (Lipinski definition) is 2. The van der Waals surface area contributed by atoms with Gasteiger partial charge in [-0.05, 0) is 60.2 Å². The molecular formula is C29H18ClN5O5S2. The van der Waals surface area contributed by atoms with Gasteiger partial charge < -0.3 is 15.1 Å². The zero-order chi connectivity index (χ0) is 29.6. The van der Waals surface area contributed by atoms with Crippen molar-refractivity contribution >= 4 is 74.2 Å². The zero-order valence-corrected chi connectivity index (χ0v) is 23.8. The predicted molar refractivity (Wildman–Crippen MR) is 160 cm³/mol. The number of aromatic nitrogens is 1. The van der Waals surface area contributed by atoms with Gasteiger partial charge in [0.2, 0.25) is 0 Å². The fourth-order valence-corrected chi connectivity index (χ4v) is 6.18. The van der Waals surface area contributed by atoms with Gasteiger partial charge in [-0.15, -0.1) is 11.3 Å². The van der Waals surface area contributed by atoms with Gasteiger partial charge in [0.25, 0.3) is 17.5 Å². The number of amides is 2. The van der Waals surface area contributed by atoms with Crippen LogP contribution in [0.25, 0.3) is 16.3 Å². The van der Waals surface area contributed by atoms with Gasteiger partial charge in [-0.25, -0.2) is 4.98 Å². The number of nitrogens with zero attached hydrogens (tertiary/aromatic N) is 3. The molecule has 0 spiro atoms. The minimum absolute atomic E-state index is 0.0952. The van der Waals surface area contributed by atoms with Gasteiger partial charge >= 0.3 is 0 Å². The van der Waals surface area contributed by atoms with E-state index in [9.17, 15) is 25.0 Å². The van der Waals surface area contributed by atoms with Gasteiger partial charge in [-0.1, -0.05) is 41.6 Å². The van der Waals surface area contributed by atoms with Gasteiger partial charge in [0.15, 0.2) is 4.34 Å². The Morgan fingerprint density at radius 1 is 1.14 bits per heavy atom. The number of anilines is 1. The second-order valence-electron chi connectivity index (χ2n) is 8.61. The van der Waals surface area contributed by atoms with Gasteiger partial charge in [0, 0.05) is 11.8 Å². The molecule has 0 aliphatic heterocycles. The van der Waals surface area contributed by atoms with E-state index in [1.54, 1.807) is 66.7 Å². The number of fused-ring (bicyclic) bond motifs is 1. The lowest BCUT2D eigenvalue weighted by molar-refractivity contribution is -0.387. The molecule has 2 amide bonds. The average Bonchev–Trinajstić information content (AvgIpc) is 3.64. The van der Waals surface area contributed by atoms with Crippen LogP contribution in [0.4, 0.5) is 11.4 Å². The summed E-state index contributed by atoms with van der Waals surface area (Å²) in [4.78, 5) is 41.3. The molecule has 5 rings (SSSR count). The number of thiazole rings is 1. The van der Waals surface area contributed by atoms with E-state index in [2.05, 4.69) is 15.6 Å². The number of rotatable bonds is 9. The van der Waals surface area contributed by atoms with Gasteiger partial charge in [-0.3, -0.25) is 19.7 Å². The molecule has 2 heterocycles. The molecule has 13 heteroatoms. The Bertz CT molecular complexity index is 1900. The fourth-order valence-electron chi connectivity index (χ4n) is 3.81. The van der Waals surface area contributed by atoms with E-state index in [4.69, 9.17) is 16.0 Å². The number of nitriles is 1. The quantitative estimate of drug-likeness (QED) is 0.0772. The van der Waals surface area contributed by atoms with Crippen molar-refractivity contribution in [3.63, 3.8) is 0 Å². The van der Waals surface area contributed by atoms with Crippen LogP contribution in [0.1, 0.15) is 21.7 Å². The van der Waals surface area contributed by atoms with Crippen LogP contribution in [0.5, 0.6) is 0 Å². The van der Waals surface area contributed by atoms with Crippen molar-refractivity contribution in [2.75, 3.05) is 5.32 Å². The summed E-state index contributed by atoms with van der Waals surface area (Å²) in [6.45, 7) is 0.0952. The lowest BCUT2D eigenvalue weighted by Crippen LogP contribution is -2.23. The number of nitro benzene ring substituents is 1. The smallest absolute Gasteiger partial charge is 0.283 e. The molecule has 0 atom stereocenters. The first-order valence-corrected chi connectivity index (χ1v) is 14.2. The maximum atomic E-state index is 12.6. The third-order valence-electron chi connectivity index (χ3n) is 5.80. The topological polar surface area (TPSA) is 151 Å². The summed E-state index contributed by atoms with van der Waals surface area (Å²) in [6, 6.07) is 21.6. The van der Waals surface area contributed by atoms with Crippen LogP contribution in [-0.4, -0.2) is 21.7 Å². The summed E-state index contributed by atoms with van der Waals surface area (Å²) in [6.07, 6.45) is 2.76. The number of carbonyl (C=O) groups is 2. The first kappa shape index (κ1) is 28.6. The molecule has 0 saturated heterocycles. The molecule has 0 bridgehead atoms. The van der Waals surface area contributed by atoms with E-state index in [1.807, 2.05) is 6.07 Å². The molecular weight excluding hydrogens is 598 g/mol. The van der Waals surface area contributed by atoms with E-state index >= 15 is 0 Å². The molecule has 0 saturated carbocycles. The molecule has 0 aliphatic carbocycles. The Balaban J connectivity index is 1.33. The van der Waals surface area contributed by atoms with Crippen molar-refractivity contribution in [2.24, 2.45) is 0 Å². The van der Waals surface area contributed by atoms with Crippen molar-refractivity contribution in [2.45, 2.75) is 15.8 Å². The summed E-state index contributed by atoms with van der Waals surface area (Å²) in [7, 11) is 0. The minimum atomic E-state index is -0.632. The maximum Gasteiger partial charge on any atom is 0.283 e. The number of halogens is 1. The standard InChI is InChI=1S/C29H18ClN5O5S2/c30-22-6-2-1-5-21(22)28(37)33-19-8-9-23-26(14-19)42-29(34-23)41-25-10-7-17(13-24(25)35(38)39)12-18(15-31)27(36)32-16-20-4-3-11-40-20/h1-14H,16H2,(H,32,36)(H,33,37)/b18-12+. The predicted octanol–water partition coefficient (Wildman–Crippen LogP) is 7.08.